The van der Waals surface area contributed by atoms with Crippen molar-refractivity contribution >= 4 is 38.1 Å². The third-order valence-corrected chi connectivity index (χ3v) is 12.6. The van der Waals surface area contributed by atoms with Gasteiger partial charge in [0, 0.05) is 29.4 Å². The van der Waals surface area contributed by atoms with E-state index in [9.17, 15) is 13.2 Å². The molecule has 1 fully saturated rings. The third kappa shape index (κ3) is 5.47. The Labute approximate surface area is 275 Å². The molecule has 0 spiro atoms. The van der Waals surface area contributed by atoms with Gasteiger partial charge in [0.1, 0.15) is 5.65 Å². The van der Waals surface area contributed by atoms with Crippen LogP contribution in [0.4, 0.5) is 11.6 Å². The number of rotatable bonds is 6. The van der Waals surface area contributed by atoms with E-state index >= 15 is 0 Å². The van der Waals surface area contributed by atoms with E-state index in [0.29, 0.717) is 50.9 Å². The number of aromatic nitrogens is 3. The normalized spacial score (nSPS) is 20.4. The van der Waals surface area contributed by atoms with E-state index in [4.69, 9.17) is 4.98 Å². The minimum Gasteiger partial charge on any atom is -0.324 e. The van der Waals surface area contributed by atoms with Gasteiger partial charge in [-0.05, 0) is 99.1 Å². The van der Waals surface area contributed by atoms with Crippen molar-refractivity contribution in [3.05, 3.63) is 130 Å². The number of sulfone groups is 1. The number of benzene rings is 3. The molecular weight excluding hydrogens is 607 g/mol. The standard InChI is InChI=1S/C38H39N5O3S/c1-25(26-11-6-5-7-12-26)32-21-30-23-39-37(40-31-18-16-27(17-19-31)29-14-10-20-42(4)24-29)41-35(30)43(36(32)44)34-22-28-13-8-9-15-33(28)47(45,46)38(34,2)3/h5-9,11-13,15-19,21,23,29,34H,1,10,14,20,22,24H2,2-4H3,(H,39,40,41). The monoisotopic (exact) mass is 645 g/mol. The van der Waals surface area contributed by atoms with Crippen molar-refractivity contribution in [3.8, 4) is 0 Å². The van der Waals surface area contributed by atoms with E-state index < -0.39 is 20.6 Å². The lowest BCUT2D eigenvalue weighted by Gasteiger charge is -2.40. The molecule has 0 aliphatic carbocycles. The van der Waals surface area contributed by atoms with Crippen molar-refractivity contribution in [1.82, 2.24) is 19.4 Å². The molecule has 1 saturated heterocycles. The molecule has 5 aromatic rings. The Morgan fingerprint density at radius 3 is 2.47 bits per heavy atom. The van der Waals surface area contributed by atoms with Crippen LogP contribution in [0.3, 0.4) is 0 Å². The molecule has 0 radical (unpaired) electrons. The minimum atomic E-state index is -3.81. The Morgan fingerprint density at radius 2 is 1.72 bits per heavy atom. The van der Waals surface area contributed by atoms with E-state index in [-0.39, 0.29) is 5.56 Å². The Hall–Kier alpha value is -4.60. The van der Waals surface area contributed by atoms with Crippen LogP contribution in [0.1, 0.15) is 60.9 Å². The molecule has 0 saturated carbocycles. The predicted octanol–water partition coefficient (Wildman–Crippen LogP) is 6.76. The molecule has 7 rings (SSSR count). The van der Waals surface area contributed by atoms with E-state index in [1.165, 1.54) is 18.4 Å². The maximum Gasteiger partial charge on any atom is 0.260 e. The Balaban J connectivity index is 1.34. The second kappa shape index (κ2) is 11.9. The highest BCUT2D eigenvalue weighted by atomic mass is 32.2. The number of hydrogen-bond acceptors (Lipinski definition) is 7. The topological polar surface area (TPSA) is 97.2 Å². The van der Waals surface area contributed by atoms with Gasteiger partial charge in [-0.25, -0.2) is 13.4 Å². The predicted molar refractivity (Wildman–Crippen MR) is 188 cm³/mol. The molecule has 8 nitrogen and oxygen atoms in total. The zero-order chi connectivity index (χ0) is 32.9. The largest absolute Gasteiger partial charge is 0.324 e. The van der Waals surface area contributed by atoms with E-state index in [1.807, 2.05) is 54.6 Å². The second-order valence-corrected chi connectivity index (χ2v) is 15.8. The number of piperidine rings is 1. The minimum absolute atomic E-state index is 0.309. The van der Waals surface area contributed by atoms with Crippen molar-refractivity contribution in [2.75, 3.05) is 25.5 Å². The average Bonchev–Trinajstić information content (AvgIpc) is 3.07. The number of fused-ring (bicyclic) bond motifs is 2. The average molecular weight is 646 g/mol. The number of anilines is 2. The maximum absolute atomic E-state index is 14.6. The summed E-state index contributed by atoms with van der Waals surface area (Å²) in [5.74, 6) is 0.830. The third-order valence-electron chi connectivity index (χ3n) is 9.97. The van der Waals surface area contributed by atoms with E-state index in [1.54, 1.807) is 42.8 Å². The van der Waals surface area contributed by atoms with Crippen molar-refractivity contribution in [2.45, 2.75) is 54.7 Å². The molecule has 0 bridgehead atoms. The summed E-state index contributed by atoms with van der Waals surface area (Å²) < 4.78 is 28.4. The van der Waals surface area contributed by atoms with Crippen molar-refractivity contribution in [2.24, 2.45) is 0 Å². The Morgan fingerprint density at radius 1 is 1.00 bits per heavy atom. The van der Waals surface area contributed by atoms with Crippen LogP contribution in [-0.4, -0.2) is 52.7 Å². The van der Waals surface area contributed by atoms with Crippen LogP contribution in [0.15, 0.2) is 107 Å². The summed E-state index contributed by atoms with van der Waals surface area (Å²) in [6.45, 7) is 9.87. The van der Waals surface area contributed by atoms with Crippen molar-refractivity contribution < 1.29 is 8.42 Å². The van der Waals surface area contributed by atoms with Gasteiger partial charge < -0.3 is 10.2 Å². The number of hydrogen-bond donors (Lipinski definition) is 1. The van der Waals surface area contributed by atoms with Gasteiger partial charge in [-0.3, -0.25) is 9.36 Å². The van der Waals surface area contributed by atoms with Gasteiger partial charge in [0.25, 0.3) is 5.56 Å². The van der Waals surface area contributed by atoms with Crippen LogP contribution < -0.4 is 10.9 Å². The first-order chi connectivity index (χ1) is 22.5. The summed E-state index contributed by atoms with van der Waals surface area (Å²) >= 11 is 0. The molecule has 2 aromatic heterocycles. The molecule has 1 N–H and O–H groups in total. The van der Waals surface area contributed by atoms with Gasteiger partial charge in [-0.1, -0.05) is 67.2 Å². The molecule has 47 heavy (non-hydrogen) atoms. The first-order valence-electron chi connectivity index (χ1n) is 16.1. The second-order valence-electron chi connectivity index (χ2n) is 13.3. The molecule has 4 heterocycles. The van der Waals surface area contributed by atoms with Crippen molar-refractivity contribution in [3.63, 3.8) is 0 Å². The molecule has 2 unspecified atom stereocenters. The highest BCUT2D eigenvalue weighted by molar-refractivity contribution is 7.93. The molecule has 2 aliphatic rings. The van der Waals surface area contributed by atoms with E-state index in [2.05, 4.69) is 41.0 Å². The summed E-state index contributed by atoms with van der Waals surface area (Å²) in [6, 6.07) is 26.0. The van der Waals surface area contributed by atoms with Crippen LogP contribution in [0.25, 0.3) is 16.6 Å². The summed E-state index contributed by atoms with van der Waals surface area (Å²) in [7, 11) is -1.64. The lowest BCUT2D eigenvalue weighted by molar-refractivity contribution is 0.251. The highest BCUT2D eigenvalue weighted by Gasteiger charge is 2.49. The van der Waals surface area contributed by atoms with Gasteiger partial charge in [0.2, 0.25) is 5.95 Å². The van der Waals surface area contributed by atoms with Crippen LogP contribution in [-0.2, 0) is 16.3 Å². The smallest absolute Gasteiger partial charge is 0.260 e. The first-order valence-corrected chi connectivity index (χ1v) is 17.6. The van der Waals surface area contributed by atoms with E-state index in [0.717, 1.165) is 24.3 Å². The summed E-state index contributed by atoms with van der Waals surface area (Å²) in [6.07, 6.45) is 4.41. The molecule has 2 atom stereocenters. The Kier molecular flexibility index (Phi) is 7.85. The number of likely N-dealkylation sites (N-methyl/N-ethyl adjacent to an activating group) is 1. The van der Waals surface area contributed by atoms with Gasteiger partial charge >= 0.3 is 0 Å². The van der Waals surface area contributed by atoms with Gasteiger partial charge in [0.15, 0.2) is 9.84 Å². The number of nitrogens with one attached hydrogen (secondary N) is 1. The van der Waals surface area contributed by atoms with Gasteiger partial charge in [-0.15, -0.1) is 0 Å². The number of likely N-dealkylation sites (tertiary alicyclic amines) is 1. The van der Waals surface area contributed by atoms with Gasteiger partial charge in [0.05, 0.1) is 15.7 Å². The summed E-state index contributed by atoms with van der Waals surface area (Å²) in [5.41, 5.74) is 4.58. The molecule has 0 amide bonds. The summed E-state index contributed by atoms with van der Waals surface area (Å²) in [4.78, 5) is 26.8. The molecular formula is C38H39N5O3S. The van der Waals surface area contributed by atoms with Gasteiger partial charge in [-0.2, -0.15) is 4.98 Å². The fourth-order valence-corrected chi connectivity index (χ4v) is 9.01. The molecule has 240 valence electrons. The fraction of sp³-hybridized carbons (Fsp3) is 0.289. The van der Waals surface area contributed by atoms with Crippen LogP contribution >= 0.6 is 0 Å². The molecule has 9 heteroatoms. The molecule has 2 aliphatic heterocycles. The lowest BCUT2D eigenvalue weighted by Crippen LogP contribution is -2.49. The van der Waals surface area contributed by atoms with Crippen LogP contribution in [0, 0.1) is 0 Å². The van der Waals surface area contributed by atoms with Crippen LogP contribution in [0.2, 0.25) is 0 Å². The van der Waals surface area contributed by atoms with Crippen molar-refractivity contribution in [1.29, 1.82) is 0 Å². The lowest BCUT2D eigenvalue weighted by atomic mass is 9.91. The zero-order valence-electron chi connectivity index (χ0n) is 27.0. The number of nitrogens with zero attached hydrogens (tertiary/aromatic N) is 4. The quantitative estimate of drug-likeness (QED) is 0.218. The number of pyridine rings is 1. The molecule has 3 aromatic carbocycles. The first kappa shape index (κ1) is 31.0. The Bertz CT molecular complexity index is 2160. The fourth-order valence-electron chi connectivity index (χ4n) is 7.14. The maximum atomic E-state index is 14.6. The SMILES string of the molecule is C=C(c1ccccc1)c1cc2cnc(Nc3ccc(C4CCCN(C)C4)cc3)nc2n(C2Cc3ccccc3S(=O)(=O)C2(C)C)c1=O. The highest BCUT2D eigenvalue weighted by Crippen LogP contribution is 2.44. The van der Waals surface area contributed by atoms with Crippen LogP contribution in [0.5, 0.6) is 0 Å². The zero-order valence-corrected chi connectivity index (χ0v) is 27.8. The summed E-state index contributed by atoms with van der Waals surface area (Å²) in [5, 5.41) is 3.93.